The predicted octanol–water partition coefficient (Wildman–Crippen LogP) is 2.15. The Morgan fingerprint density at radius 2 is 2.06 bits per heavy atom. The topological polar surface area (TPSA) is 33.3 Å². The van der Waals surface area contributed by atoms with Crippen LogP contribution >= 0.6 is 0 Å². The smallest absolute Gasteiger partial charge is 0.146 e. The standard InChI is InChI=1S/C14H19FN2O/c15-12-3-1-2-4-13(12)17-11-9-14(18-10-11)5-7-16-8-6-14/h1-4,11,16-17H,5-10H2. The maximum Gasteiger partial charge on any atom is 0.146 e. The van der Waals surface area contributed by atoms with Crippen LogP contribution in [-0.2, 0) is 4.74 Å². The van der Waals surface area contributed by atoms with E-state index >= 15 is 0 Å². The van der Waals surface area contributed by atoms with Crippen LogP contribution in [0.1, 0.15) is 19.3 Å². The quantitative estimate of drug-likeness (QED) is 0.843. The molecule has 1 aromatic carbocycles. The Morgan fingerprint density at radius 1 is 1.28 bits per heavy atom. The zero-order valence-corrected chi connectivity index (χ0v) is 10.4. The third kappa shape index (κ3) is 2.35. The van der Waals surface area contributed by atoms with Crippen LogP contribution in [0.2, 0.25) is 0 Å². The van der Waals surface area contributed by atoms with Gasteiger partial charge in [0.15, 0.2) is 0 Å². The lowest BCUT2D eigenvalue weighted by Crippen LogP contribution is -2.41. The van der Waals surface area contributed by atoms with E-state index in [0.717, 1.165) is 32.4 Å². The molecule has 4 heteroatoms. The molecule has 2 saturated heterocycles. The predicted molar refractivity (Wildman–Crippen MR) is 69.2 cm³/mol. The highest BCUT2D eigenvalue weighted by molar-refractivity contribution is 5.45. The zero-order chi connectivity index (χ0) is 12.4. The van der Waals surface area contributed by atoms with E-state index in [2.05, 4.69) is 10.6 Å². The Hall–Kier alpha value is -1.13. The molecule has 0 aliphatic carbocycles. The number of halogens is 1. The van der Waals surface area contributed by atoms with Crippen LogP contribution < -0.4 is 10.6 Å². The van der Waals surface area contributed by atoms with Crippen molar-refractivity contribution in [2.75, 3.05) is 25.0 Å². The van der Waals surface area contributed by atoms with Gasteiger partial charge in [-0.05, 0) is 44.5 Å². The minimum atomic E-state index is -0.191. The van der Waals surface area contributed by atoms with Crippen LogP contribution in [0.4, 0.5) is 10.1 Å². The van der Waals surface area contributed by atoms with Gasteiger partial charge in [-0.15, -0.1) is 0 Å². The van der Waals surface area contributed by atoms with Crippen molar-refractivity contribution in [3.8, 4) is 0 Å². The van der Waals surface area contributed by atoms with Crippen LogP contribution in [0.15, 0.2) is 24.3 Å². The first-order chi connectivity index (χ1) is 8.77. The first-order valence-corrected chi connectivity index (χ1v) is 6.63. The van der Waals surface area contributed by atoms with Crippen LogP contribution in [0.3, 0.4) is 0 Å². The van der Waals surface area contributed by atoms with E-state index in [4.69, 9.17) is 4.74 Å². The van der Waals surface area contributed by atoms with E-state index in [1.165, 1.54) is 6.07 Å². The minimum absolute atomic E-state index is 0.0220. The summed E-state index contributed by atoms with van der Waals surface area (Å²) in [6, 6.07) is 7.04. The second kappa shape index (κ2) is 4.86. The monoisotopic (exact) mass is 250 g/mol. The number of anilines is 1. The molecule has 0 bridgehead atoms. The molecule has 2 aliphatic heterocycles. The van der Waals surface area contributed by atoms with Gasteiger partial charge in [-0.3, -0.25) is 0 Å². The number of hydrogen-bond acceptors (Lipinski definition) is 3. The van der Waals surface area contributed by atoms with Crippen LogP contribution in [0.25, 0.3) is 0 Å². The van der Waals surface area contributed by atoms with Gasteiger partial charge in [-0.1, -0.05) is 12.1 Å². The molecule has 2 heterocycles. The fraction of sp³-hybridized carbons (Fsp3) is 0.571. The number of rotatable bonds is 2. The summed E-state index contributed by atoms with van der Waals surface area (Å²) in [6.07, 6.45) is 3.09. The number of para-hydroxylation sites is 1. The molecule has 3 nitrogen and oxygen atoms in total. The lowest BCUT2D eigenvalue weighted by molar-refractivity contribution is -0.0192. The summed E-state index contributed by atoms with van der Waals surface area (Å²) in [7, 11) is 0. The van der Waals surface area contributed by atoms with Crippen molar-refractivity contribution in [3.63, 3.8) is 0 Å². The average Bonchev–Trinajstić information content (AvgIpc) is 2.76. The largest absolute Gasteiger partial charge is 0.378 e. The van der Waals surface area contributed by atoms with Gasteiger partial charge in [0.05, 0.1) is 23.9 Å². The number of piperidine rings is 1. The molecule has 1 atom stereocenters. The second-order valence-corrected chi connectivity index (χ2v) is 5.27. The van der Waals surface area contributed by atoms with Crippen molar-refractivity contribution < 1.29 is 9.13 Å². The Morgan fingerprint density at radius 3 is 2.83 bits per heavy atom. The Balaban J connectivity index is 1.64. The van der Waals surface area contributed by atoms with Crippen molar-refractivity contribution in [3.05, 3.63) is 30.1 Å². The molecule has 0 saturated carbocycles. The Bertz CT molecular complexity index is 418. The Labute approximate surface area is 107 Å². The van der Waals surface area contributed by atoms with Gasteiger partial charge in [-0.2, -0.15) is 0 Å². The lowest BCUT2D eigenvalue weighted by Gasteiger charge is -2.32. The summed E-state index contributed by atoms with van der Waals surface area (Å²) >= 11 is 0. The van der Waals surface area contributed by atoms with Crippen molar-refractivity contribution in [1.29, 1.82) is 0 Å². The molecule has 0 amide bonds. The molecular weight excluding hydrogens is 231 g/mol. The third-order valence-corrected chi connectivity index (χ3v) is 3.96. The molecule has 0 radical (unpaired) electrons. The minimum Gasteiger partial charge on any atom is -0.378 e. The normalized spacial score (nSPS) is 26.4. The number of benzene rings is 1. The van der Waals surface area contributed by atoms with E-state index in [-0.39, 0.29) is 17.5 Å². The number of hydrogen-bond donors (Lipinski definition) is 2. The van der Waals surface area contributed by atoms with Crippen molar-refractivity contribution in [2.24, 2.45) is 0 Å². The van der Waals surface area contributed by atoms with Crippen molar-refractivity contribution >= 4 is 5.69 Å². The van der Waals surface area contributed by atoms with Crippen molar-refractivity contribution in [1.82, 2.24) is 5.32 Å². The maximum absolute atomic E-state index is 13.6. The van der Waals surface area contributed by atoms with Gasteiger partial charge < -0.3 is 15.4 Å². The fourth-order valence-corrected chi connectivity index (χ4v) is 2.97. The van der Waals surface area contributed by atoms with Crippen LogP contribution in [0, 0.1) is 5.82 Å². The summed E-state index contributed by atoms with van der Waals surface area (Å²) in [6.45, 7) is 2.72. The fourth-order valence-electron chi connectivity index (χ4n) is 2.97. The number of ether oxygens (including phenoxy) is 1. The third-order valence-electron chi connectivity index (χ3n) is 3.96. The summed E-state index contributed by atoms with van der Waals surface area (Å²) in [5.74, 6) is -0.191. The summed E-state index contributed by atoms with van der Waals surface area (Å²) in [5, 5.41) is 6.61. The van der Waals surface area contributed by atoms with E-state index in [1.807, 2.05) is 6.07 Å². The van der Waals surface area contributed by atoms with E-state index < -0.39 is 0 Å². The highest BCUT2D eigenvalue weighted by Gasteiger charge is 2.41. The molecule has 2 N–H and O–H groups in total. The van der Waals surface area contributed by atoms with Gasteiger partial charge in [0.25, 0.3) is 0 Å². The molecule has 3 rings (SSSR count). The first kappa shape index (κ1) is 11.9. The maximum atomic E-state index is 13.6. The van der Waals surface area contributed by atoms with Gasteiger partial charge in [0.2, 0.25) is 0 Å². The molecule has 1 unspecified atom stereocenters. The molecular formula is C14H19FN2O. The van der Waals surface area contributed by atoms with E-state index in [0.29, 0.717) is 12.3 Å². The van der Waals surface area contributed by atoms with Gasteiger partial charge in [-0.25, -0.2) is 4.39 Å². The van der Waals surface area contributed by atoms with Crippen molar-refractivity contribution in [2.45, 2.75) is 30.9 Å². The summed E-state index contributed by atoms with van der Waals surface area (Å²) < 4.78 is 19.5. The summed E-state index contributed by atoms with van der Waals surface area (Å²) in [4.78, 5) is 0. The van der Waals surface area contributed by atoms with E-state index in [1.54, 1.807) is 12.1 Å². The zero-order valence-electron chi connectivity index (χ0n) is 10.4. The summed E-state index contributed by atoms with van der Waals surface area (Å²) in [5.41, 5.74) is 0.603. The van der Waals surface area contributed by atoms with Crippen LogP contribution in [0.5, 0.6) is 0 Å². The average molecular weight is 250 g/mol. The molecule has 18 heavy (non-hydrogen) atoms. The van der Waals surface area contributed by atoms with Gasteiger partial charge in [0.1, 0.15) is 5.82 Å². The second-order valence-electron chi connectivity index (χ2n) is 5.27. The van der Waals surface area contributed by atoms with Gasteiger partial charge in [0, 0.05) is 0 Å². The molecule has 1 aromatic rings. The van der Waals surface area contributed by atoms with E-state index in [9.17, 15) is 4.39 Å². The van der Waals surface area contributed by atoms with Crippen LogP contribution in [-0.4, -0.2) is 31.3 Å². The highest BCUT2D eigenvalue weighted by atomic mass is 19.1. The SMILES string of the molecule is Fc1ccccc1NC1COC2(CCNCC2)C1. The molecule has 2 fully saturated rings. The Kier molecular flexibility index (Phi) is 3.22. The molecule has 98 valence electrons. The molecule has 0 aromatic heterocycles. The van der Waals surface area contributed by atoms with Gasteiger partial charge >= 0.3 is 0 Å². The molecule has 1 spiro atoms. The first-order valence-electron chi connectivity index (χ1n) is 6.63. The molecule has 2 aliphatic rings. The number of nitrogens with one attached hydrogen (secondary N) is 2. The lowest BCUT2D eigenvalue weighted by atomic mass is 9.88. The highest BCUT2D eigenvalue weighted by Crippen LogP contribution is 2.35.